The van der Waals surface area contributed by atoms with Gasteiger partial charge >= 0.3 is 0 Å². The van der Waals surface area contributed by atoms with Crippen LogP contribution in [0.4, 0.5) is 5.82 Å². The lowest BCUT2D eigenvalue weighted by atomic mass is 9.97. The number of aromatic nitrogens is 2. The second kappa shape index (κ2) is 6.72. The Morgan fingerprint density at radius 2 is 2.14 bits per heavy atom. The average Bonchev–Trinajstić information content (AvgIpc) is 3.10. The highest BCUT2D eigenvalue weighted by atomic mass is 32.2. The minimum Gasteiger partial charge on any atom is -0.355 e. The fourth-order valence-corrected chi connectivity index (χ4v) is 4.69. The molecule has 0 unspecified atom stereocenters. The zero-order valence-electron chi connectivity index (χ0n) is 12.1. The molecule has 1 aliphatic rings. The van der Waals surface area contributed by atoms with E-state index in [9.17, 15) is 8.42 Å². The monoisotopic (exact) mass is 338 g/mol. The zero-order chi connectivity index (χ0) is 15.4. The molecule has 0 aromatic carbocycles. The van der Waals surface area contributed by atoms with Crippen molar-refractivity contribution >= 4 is 27.2 Å². The molecule has 8 heteroatoms. The molecule has 1 aliphatic heterocycles. The maximum absolute atomic E-state index is 12.1. The molecule has 0 radical (unpaired) electrons. The van der Waals surface area contributed by atoms with Crippen LogP contribution in [0.5, 0.6) is 0 Å². The molecule has 2 aromatic rings. The molecule has 0 bridgehead atoms. The number of thiophene rings is 1. The van der Waals surface area contributed by atoms with E-state index in [-0.39, 0.29) is 0 Å². The van der Waals surface area contributed by atoms with Crippen molar-refractivity contribution in [1.82, 2.24) is 14.7 Å². The van der Waals surface area contributed by atoms with Crippen molar-refractivity contribution in [3.8, 4) is 0 Å². The SMILES string of the molecule is O=S(=O)(NCC1CCN(c2cnccn2)CC1)c1cccs1. The van der Waals surface area contributed by atoms with Crippen LogP contribution in [-0.4, -0.2) is 38.0 Å². The van der Waals surface area contributed by atoms with Gasteiger partial charge in [-0.05, 0) is 30.2 Å². The highest BCUT2D eigenvalue weighted by Gasteiger charge is 2.22. The number of hydrogen-bond donors (Lipinski definition) is 1. The summed E-state index contributed by atoms with van der Waals surface area (Å²) in [5.74, 6) is 1.25. The van der Waals surface area contributed by atoms with Gasteiger partial charge in [0.2, 0.25) is 10.0 Å². The first-order valence-electron chi connectivity index (χ1n) is 7.19. The summed E-state index contributed by atoms with van der Waals surface area (Å²) in [6.07, 6.45) is 7.01. The van der Waals surface area contributed by atoms with Gasteiger partial charge in [-0.1, -0.05) is 6.07 Å². The van der Waals surface area contributed by atoms with Gasteiger partial charge in [0, 0.05) is 32.0 Å². The van der Waals surface area contributed by atoms with Crippen molar-refractivity contribution in [2.75, 3.05) is 24.5 Å². The number of piperidine rings is 1. The molecule has 1 fully saturated rings. The first-order chi connectivity index (χ1) is 10.6. The highest BCUT2D eigenvalue weighted by molar-refractivity contribution is 7.91. The Bertz CT molecular complexity index is 681. The van der Waals surface area contributed by atoms with Crippen molar-refractivity contribution in [2.45, 2.75) is 17.1 Å². The fraction of sp³-hybridized carbons (Fsp3) is 0.429. The molecule has 2 aromatic heterocycles. The number of nitrogens with zero attached hydrogens (tertiary/aromatic N) is 3. The Kier molecular flexibility index (Phi) is 4.70. The summed E-state index contributed by atoms with van der Waals surface area (Å²) in [6, 6.07) is 3.38. The summed E-state index contributed by atoms with van der Waals surface area (Å²) in [7, 11) is -3.35. The van der Waals surface area contributed by atoms with Gasteiger partial charge in [-0.2, -0.15) is 0 Å². The molecule has 3 rings (SSSR count). The maximum Gasteiger partial charge on any atom is 0.250 e. The van der Waals surface area contributed by atoms with E-state index >= 15 is 0 Å². The maximum atomic E-state index is 12.1. The Hall–Kier alpha value is -1.51. The van der Waals surface area contributed by atoms with Gasteiger partial charge in [-0.25, -0.2) is 18.1 Å². The van der Waals surface area contributed by atoms with Gasteiger partial charge in [-0.3, -0.25) is 4.98 Å². The van der Waals surface area contributed by atoms with Crippen LogP contribution >= 0.6 is 11.3 Å². The van der Waals surface area contributed by atoms with Crippen LogP contribution in [0.25, 0.3) is 0 Å². The number of sulfonamides is 1. The summed E-state index contributed by atoms with van der Waals surface area (Å²) in [4.78, 5) is 10.6. The van der Waals surface area contributed by atoms with E-state index < -0.39 is 10.0 Å². The molecule has 0 amide bonds. The lowest BCUT2D eigenvalue weighted by Crippen LogP contribution is -2.38. The molecule has 1 saturated heterocycles. The van der Waals surface area contributed by atoms with Gasteiger partial charge in [0.1, 0.15) is 10.0 Å². The lowest BCUT2D eigenvalue weighted by molar-refractivity contribution is 0.400. The van der Waals surface area contributed by atoms with Crippen molar-refractivity contribution in [3.05, 3.63) is 36.1 Å². The van der Waals surface area contributed by atoms with Crippen LogP contribution in [0, 0.1) is 5.92 Å². The lowest BCUT2D eigenvalue weighted by Gasteiger charge is -2.32. The van der Waals surface area contributed by atoms with Gasteiger partial charge in [0.25, 0.3) is 0 Å². The molecule has 6 nitrogen and oxygen atoms in total. The number of rotatable bonds is 5. The van der Waals surface area contributed by atoms with Crippen LogP contribution in [0.2, 0.25) is 0 Å². The van der Waals surface area contributed by atoms with Gasteiger partial charge in [0.15, 0.2) is 0 Å². The van der Waals surface area contributed by atoms with E-state index in [0.717, 1.165) is 31.7 Å². The molecule has 1 N–H and O–H groups in total. The van der Waals surface area contributed by atoms with Crippen LogP contribution in [0.1, 0.15) is 12.8 Å². The van der Waals surface area contributed by atoms with Crippen molar-refractivity contribution in [1.29, 1.82) is 0 Å². The van der Waals surface area contributed by atoms with Crippen LogP contribution in [-0.2, 0) is 10.0 Å². The van der Waals surface area contributed by atoms with Crippen molar-refractivity contribution < 1.29 is 8.42 Å². The summed E-state index contributed by atoms with van der Waals surface area (Å²) in [5.41, 5.74) is 0. The molecule has 118 valence electrons. The predicted octanol–water partition coefficient (Wildman–Crippen LogP) is 1.73. The highest BCUT2D eigenvalue weighted by Crippen LogP contribution is 2.21. The van der Waals surface area contributed by atoms with E-state index in [2.05, 4.69) is 19.6 Å². The molecular formula is C14H18N4O2S2. The third kappa shape index (κ3) is 3.63. The van der Waals surface area contributed by atoms with Gasteiger partial charge in [-0.15, -0.1) is 11.3 Å². The normalized spacial score (nSPS) is 16.8. The van der Waals surface area contributed by atoms with Crippen molar-refractivity contribution in [3.63, 3.8) is 0 Å². The molecule has 0 aliphatic carbocycles. The minimum absolute atomic E-state index is 0.364. The quantitative estimate of drug-likeness (QED) is 0.899. The Morgan fingerprint density at radius 1 is 1.32 bits per heavy atom. The summed E-state index contributed by atoms with van der Waals surface area (Å²) < 4.78 is 27.3. The number of nitrogens with one attached hydrogen (secondary N) is 1. The minimum atomic E-state index is -3.35. The van der Waals surface area contributed by atoms with E-state index in [1.165, 1.54) is 11.3 Å². The van der Waals surface area contributed by atoms with Crippen LogP contribution in [0.15, 0.2) is 40.3 Å². The predicted molar refractivity (Wildman–Crippen MR) is 86.5 cm³/mol. The molecule has 0 spiro atoms. The Labute approximate surface area is 134 Å². The van der Waals surface area contributed by atoms with E-state index in [4.69, 9.17) is 0 Å². The molecule has 3 heterocycles. The Balaban J connectivity index is 1.50. The number of hydrogen-bond acceptors (Lipinski definition) is 6. The van der Waals surface area contributed by atoms with E-state index in [1.807, 2.05) is 0 Å². The smallest absolute Gasteiger partial charge is 0.250 e. The largest absolute Gasteiger partial charge is 0.355 e. The van der Waals surface area contributed by atoms with E-state index in [1.54, 1.807) is 36.1 Å². The second-order valence-electron chi connectivity index (χ2n) is 5.28. The molecule has 0 saturated carbocycles. The third-order valence-electron chi connectivity index (χ3n) is 3.81. The van der Waals surface area contributed by atoms with E-state index in [0.29, 0.717) is 16.7 Å². The third-order valence-corrected chi connectivity index (χ3v) is 6.63. The summed E-state index contributed by atoms with van der Waals surface area (Å²) >= 11 is 1.24. The average molecular weight is 338 g/mol. The molecular weight excluding hydrogens is 320 g/mol. The first kappa shape index (κ1) is 15.4. The summed E-state index contributed by atoms with van der Waals surface area (Å²) in [5, 5.41) is 1.77. The van der Waals surface area contributed by atoms with Crippen LogP contribution < -0.4 is 9.62 Å². The van der Waals surface area contributed by atoms with Crippen molar-refractivity contribution in [2.24, 2.45) is 5.92 Å². The Morgan fingerprint density at radius 3 is 2.77 bits per heavy atom. The zero-order valence-corrected chi connectivity index (χ0v) is 13.7. The molecule has 0 atom stereocenters. The second-order valence-corrected chi connectivity index (χ2v) is 8.22. The fourth-order valence-electron chi connectivity index (χ4n) is 2.54. The van der Waals surface area contributed by atoms with Crippen LogP contribution in [0.3, 0.4) is 0 Å². The van der Waals surface area contributed by atoms with Gasteiger partial charge < -0.3 is 4.90 Å². The molecule has 22 heavy (non-hydrogen) atoms. The topological polar surface area (TPSA) is 75.2 Å². The first-order valence-corrected chi connectivity index (χ1v) is 9.55. The standard InChI is InChI=1S/C14H18N4O2S2/c19-22(20,14-2-1-9-21-14)17-10-12-3-7-18(8-4-12)13-11-15-5-6-16-13/h1-2,5-6,9,11-12,17H,3-4,7-8,10H2. The van der Waals surface area contributed by atoms with Gasteiger partial charge in [0.05, 0.1) is 6.20 Å². The summed E-state index contributed by atoms with van der Waals surface area (Å²) in [6.45, 7) is 2.25. The number of anilines is 1.